The highest BCUT2D eigenvalue weighted by atomic mass is 16.5. The summed E-state index contributed by atoms with van der Waals surface area (Å²) < 4.78 is 6.22. The van der Waals surface area contributed by atoms with E-state index in [-0.39, 0.29) is 5.63 Å². The van der Waals surface area contributed by atoms with Gasteiger partial charge in [-0.2, -0.15) is 0 Å². The van der Waals surface area contributed by atoms with Crippen molar-refractivity contribution < 1.29 is 9.20 Å². The van der Waals surface area contributed by atoms with Gasteiger partial charge in [0, 0.05) is 0 Å². The molecule has 1 aromatic heterocycles. The molecule has 0 atom stereocenters. The summed E-state index contributed by atoms with van der Waals surface area (Å²) in [4.78, 5) is 11.3. The molecule has 0 saturated heterocycles. The van der Waals surface area contributed by atoms with Crippen molar-refractivity contribution in [1.29, 1.82) is 0 Å². The van der Waals surface area contributed by atoms with Gasteiger partial charge in [-0.1, -0.05) is 22.4 Å². The van der Waals surface area contributed by atoms with E-state index >= 15 is 0 Å². The van der Waals surface area contributed by atoms with Gasteiger partial charge < -0.3 is 0 Å². The molecule has 4 nitrogen and oxygen atoms in total. The number of aryl methyl sites for hydroxylation is 2. The van der Waals surface area contributed by atoms with Gasteiger partial charge in [0.05, 0.1) is 5.56 Å². The molecular formula is C10H11N2O2+. The number of rotatable bonds is 1. The Morgan fingerprint density at radius 2 is 1.93 bits per heavy atom. The molecule has 72 valence electrons. The molecule has 2 rings (SSSR count). The van der Waals surface area contributed by atoms with E-state index in [0.29, 0.717) is 5.69 Å². The van der Waals surface area contributed by atoms with Gasteiger partial charge in [0.1, 0.15) is 0 Å². The van der Waals surface area contributed by atoms with Gasteiger partial charge in [-0.15, -0.1) is 0 Å². The summed E-state index contributed by atoms with van der Waals surface area (Å²) in [5.74, 6) is 0. The highest BCUT2D eigenvalue weighted by molar-refractivity contribution is 5.54. The summed E-state index contributed by atoms with van der Waals surface area (Å²) >= 11 is 0. The minimum Gasteiger partial charge on any atom is -0.283 e. The summed E-state index contributed by atoms with van der Waals surface area (Å²) in [7, 11) is 1.74. The third-order valence-corrected chi connectivity index (χ3v) is 2.13. The second kappa shape index (κ2) is 3.14. The van der Waals surface area contributed by atoms with Gasteiger partial charge >= 0.3 is 11.3 Å². The van der Waals surface area contributed by atoms with Crippen LogP contribution in [0.5, 0.6) is 0 Å². The molecule has 1 heterocycles. The van der Waals surface area contributed by atoms with Crippen molar-refractivity contribution in [3.8, 4) is 11.3 Å². The number of aromatic amines is 1. The molecule has 1 N–H and O–H groups in total. The molecule has 0 aliphatic heterocycles. The van der Waals surface area contributed by atoms with Crippen LogP contribution in [0.2, 0.25) is 0 Å². The van der Waals surface area contributed by atoms with Crippen LogP contribution in [0.15, 0.2) is 33.6 Å². The molecule has 14 heavy (non-hydrogen) atoms. The predicted octanol–water partition coefficient (Wildman–Crippen LogP) is 0.768. The quantitative estimate of drug-likeness (QED) is 0.677. The largest absolute Gasteiger partial charge is 0.435 e. The molecule has 0 saturated carbocycles. The summed E-state index contributed by atoms with van der Waals surface area (Å²) in [5, 5.41) is 2.48. The molecular weight excluding hydrogens is 180 g/mol. The van der Waals surface area contributed by atoms with Crippen LogP contribution >= 0.6 is 0 Å². The van der Waals surface area contributed by atoms with Gasteiger partial charge in [-0.25, -0.2) is 4.79 Å². The molecule has 1 aromatic carbocycles. The lowest BCUT2D eigenvalue weighted by Gasteiger charge is -1.92. The summed E-state index contributed by atoms with van der Waals surface area (Å²) in [6.07, 6.45) is 0. The molecule has 0 aliphatic rings. The molecule has 0 amide bonds. The molecule has 0 fully saturated rings. The Kier molecular flexibility index (Phi) is 1.96. The van der Waals surface area contributed by atoms with Crippen LogP contribution < -0.4 is 10.3 Å². The second-order valence-electron chi connectivity index (χ2n) is 3.25. The Hall–Kier alpha value is -1.84. The lowest BCUT2D eigenvalue weighted by molar-refractivity contribution is -0.730. The van der Waals surface area contributed by atoms with Crippen molar-refractivity contribution in [1.82, 2.24) is 5.27 Å². The molecule has 0 unspecified atom stereocenters. The van der Waals surface area contributed by atoms with Crippen LogP contribution in [0.3, 0.4) is 0 Å². The van der Waals surface area contributed by atoms with Gasteiger partial charge in [0.2, 0.25) is 0 Å². The van der Waals surface area contributed by atoms with Crippen LogP contribution in [-0.4, -0.2) is 5.27 Å². The number of hydrogen-bond acceptors (Lipinski definition) is 2. The molecule has 4 heteroatoms. The van der Waals surface area contributed by atoms with Crippen molar-refractivity contribution in [3.63, 3.8) is 0 Å². The minimum absolute atomic E-state index is 0.351. The average Bonchev–Trinajstić information content (AvgIpc) is 2.49. The highest BCUT2D eigenvalue weighted by Crippen LogP contribution is 2.11. The smallest absolute Gasteiger partial charge is 0.283 e. The van der Waals surface area contributed by atoms with Gasteiger partial charge in [0.15, 0.2) is 7.05 Å². The van der Waals surface area contributed by atoms with Crippen molar-refractivity contribution >= 4 is 0 Å². The maximum atomic E-state index is 11.3. The first-order valence-electron chi connectivity index (χ1n) is 4.33. The van der Waals surface area contributed by atoms with Crippen molar-refractivity contribution in [2.24, 2.45) is 7.05 Å². The van der Waals surface area contributed by atoms with E-state index in [2.05, 4.69) is 9.79 Å². The lowest BCUT2D eigenvalue weighted by atomic mass is 10.1. The molecule has 0 spiro atoms. The van der Waals surface area contributed by atoms with Crippen LogP contribution in [0.25, 0.3) is 11.3 Å². The highest BCUT2D eigenvalue weighted by Gasteiger charge is 2.18. The Morgan fingerprint density at radius 1 is 1.29 bits per heavy atom. The third-order valence-electron chi connectivity index (χ3n) is 2.13. The van der Waals surface area contributed by atoms with Crippen LogP contribution in [0.1, 0.15) is 5.56 Å². The zero-order valence-corrected chi connectivity index (χ0v) is 8.07. The molecule has 0 bridgehead atoms. The number of aromatic nitrogens is 2. The average molecular weight is 191 g/mol. The number of hydrogen-bond donors (Lipinski definition) is 1. The van der Waals surface area contributed by atoms with E-state index in [9.17, 15) is 4.79 Å². The Bertz CT molecular complexity index is 494. The first-order chi connectivity index (χ1) is 6.68. The Morgan fingerprint density at radius 3 is 2.43 bits per heavy atom. The first kappa shape index (κ1) is 8.74. The van der Waals surface area contributed by atoms with E-state index in [1.54, 1.807) is 11.7 Å². The first-order valence-corrected chi connectivity index (χ1v) is 4.33. The normalized spacial score (nSPS) is 10.4. The second-order valence-corrected chi connectivity index (χ2v) is 3.25. The lowest BCUT2D eigenvalue weighted by Crippen LogP contribution is -2.33. The van der Waals surface area contributed by atoms with Crippen molar-refractivity contribution in [2.45, 2.75) is 6.92 Å². The summed E-state index contributed by atoms with van der Waals surface area (Å²) in [6, 6.07) is 7.72. The SMILES string of the molecule is Cc1ccc(-c2c(=O)o[nH][n+]2C)cc1. The number of nitrogens with one attached hydrogen (secondary N) is 1. The van der Waals surface area contributed by atoms with E-state index in [0.717, 1.165) is 11.1 Å². The topological polar surface area (TPSA) is 49.9 Å². The zero-order valence-electron chi connectivity index (χ0n) is 8.07. The van der Waals surface area contributed by atoms with E-state index in [1.165, 1.54) is 0 Å². The third kappa shape index (κ3) is 1.35. The number of benzene rings is 1. The van der Waals surface area contributed by atoms with Crippen molar-refractivity contribution in [3.05, 3.63) is 40.2 Å². The fourth-order valence-electron chi connectivity index (χ4n) is 1.36. The Balaban J connectivity index is 2.60. The maximum absolute atomic E-state index is 11.3. The molecule has 0 aliphatic carbocycles. The fraction of sp³-hybridized carbons (Fsp3) is 0.200. The van der Waals surface area contributed by atoms with Crippen LogP contribution in [0, 0.1) is 6.92 Å². The van der Waals surface area contributed by atoms with E-state index in [1.807, 2.05) is 31.2 Å². The Labute approximate surface area is 80.7 Å². The van der Waals surface area contributed by atoms with Gasteiger partial charge in [-0.05, 0) is 24.3 Å². The summed E-state index contributed by atoms with van der Waals surface area (Å²) in [5.41, 5.74) is 2.20. The number of H-pyrrole nitrogens is 1. The van der Waals surface area contributed by atoms with Gasteiger partial charge in [-0.3, -0.25) is 4.52 Å². The standard InChI is InChI=1S/C10H10N2O2/c1-7-3-5-8(6-4-7)9-10(13)14-11-12(9)2/h3-6H,1-2H3/p+1. The van der Waals surface area contributed by atoms with Gasteiger partial charge in [0.25, 0.3) is 0 Å². The monoisotopic (exact) mass is 191 g/mol. The van der Waals surface area contributed by atoms with Crippen molar-refractivity contribution in [2.75, 3.05) is 0 Å². The van der Waals surface area contributed by atoms with E-state index in [4.69, 9.17) is 0 Å². The molecule has 2 aromatic rings. The van der Waals surface area contributed by atoms with E-state index < -0.39 is 0 Å². The minimum atomic E-state index is -0.351. The fourth-order valence-corrected chi connectivity index (χ4v) is 1.36. The summed E-state index contributed by atoms with van der Waals surface area (Å²) in [6.45, 7) is 2.00. The predicted molar refractivity (Wildman–Crippen MR) is 50.7 cm³/mol. The molecule has 0 radical (unpaired) electrons. The zero-order chi connectivity index (χ0) is 10.1. The number of nitrogens with zero attached hydrogens (tertiary/aromatic N) is 1. The van der Waals surface area contributed by atoms with Crippen LogP contribution in [-0.2, 0) is 7.05 Å². The maximum Gasteiger partial charge on any atom is 0.435 e. The van der Waals surface area contributed by atoms with Crippen LogP contribution in [0.4, 0.5) is 0 Å².